The highest BCUT2D eigenvalue weighted by molar-refractivity contribution is 7.84. The standard InChI is InChI=1S/C12H23NOS/c1-9(7-8-15(2)14)13-12(10-3-4-10)11-5-6-11/h9-13H,3-8H2,1-2H3. The van der Waals surface area contributed by atoms with Gasteiger partial charge in [-0.05, 0) is 50.9 Å². The van der Waals surface area contributed by atoms with Crippen LogP contribution in [0.3, 0.4) is 0 Å². The van der Waals surface area contributed by atoms with Crippen LogP contribution in [0.25, 0.3) is 0 Å². The lowest BCUT2D eigenvalue weighted by atomic mass is 10.1. The van der Waals surface area contributed by atoms with Gasteiger partial charge in [-0.3, -0.25) is 4.21 Å². The molecule has 2 saturated carbocycles. The Morgan fingerprint density at radius 2 is 1.80 bits per heavy atom. The molecule has 0 heterocycles. The molecule has 0 amide bonds. The van der Waals surface area contributed by atoms with Gasteiger partial charge in [0, 0.05) is 34.9 Å². The van der Waals surface area contributed by atoms with Crippen molar-refractivity contribution in [3.05, 3.63) is 0 Å². The first kappa shape index (κ1) is 11.6. The lowest BCUT2D eigenvalue weighted by molar-refractivity contribution is 0.368. The summed E-state index contributed by atoms with van der Waals surface area (Å²) in [6.45, 7) is 2.24. The van der Waals surface area contributed by atoms with Crippen molar-refractivity contribution in [3.63, 3.8) is 0 Å². The first-order valence-corrected chi connectivity index (χ1v) is 7.95. The molecule has 88 valence electrons. The molecule has 0 aromatic rings. The maximum atomic E-state index is 11.0. The molecule has 2 rings (SSSR count). The maximum absolute atomic E-state index is 11.0. The first-order valence-electron chi connectivity index (χ1n) is 6.23. The van der Waals surface area contributed by atoms with Crippen molar-refractivity contribution >= 4 is 10.8 Å². The Balaban J connectivity index is 1.70. The highest BCUT2D eigenvalue weighted by atomic mass is 32.2. The predicted molar refractivity (Wildman–Crippen MR) is 65.4 cm³/mol. The normalized spacial score (nSPS) is 25.5. The number of hydrogen-bond acceptors (Lipinski definition) is 2. The molecule has 0 radical (unpaired) electrons. The van der Waals surface area contributed by atoms with Crippen molar-refractivity contribution in [1.82, 2.24) is 5.32 Å². The van der Waals surface area contributed by atoms with Gasteiger partial charge >= 0.3 is 0 Å². The highest BCUT2D eigenvalue weighted by Gasteiger charge is 2.41. The topological polar surface area (TPSA) is 29.1 Å². The lowest BCUT2D eigenvalue weighted by Gasteiger charge is -2.22. The molecule has 2 unspecified atom stereocenters. The monoisotopic (exact) mass is 229 g/mol. The van der Waals surface area contributed by atoms with E-state index in [1.807, 2.05) is 0 Å². The Hall–Kier alpha value is 0.110. The summed E-state index contributed by atoms with van der Waals surface area (Å²) in [6.07, 6.45) is 8.58. The molecule has 2 nitrogen and oxygen atoms in total. The minimum Gasteiger partial charge on any atom is -0.311 e. The average Bonchev–Trinajstić information content (AvgIpc) is 3.02. The molecule has 0 aromatic heterocycles. The Morgan fingerprint density at radius 1 is 1.27 bits per heavy atom. The van der Waals surface area contributed by atoms with Crippen molar-refractivity contribution in [1.29, 1.82) is 0 Å². The van der Waals surface area contributed by atoms with Crippen LogP contribution in [-0.4, -0.2) is 28.3 Å². The molecule has 0 aliphatic heterocycles. The second-order valence-corrected chi connectivity index (χ2v) is 6.89. The molecule has 0 bridgehead atoms. The van der Waals surface area contributed by atoms with Crippen molar-refractivity contribution in [2.75, 3.05) is 12.0 Å². The third-order valence-corrected chi connectivity index (χ3v) is 4.39. The summed E-state index contributed by atoms with van der Waals surface area (Å²) in [6, 6.07) is 1.32. The van der Waals surface area contributed by atoms with Crippen molar-refractivity contribution in [2.24, 2.45) is 11.8 Å². The van der Waals surface area contributed by atoms with Crippen LogP contribution >= 0.6 is 0 Å². The van der Waals surface area contributed by atoms with E-state index in [1.165, 1.54) is 25.7 Å². The van der Waals surface area contributed by atoms with Gasteiger partial charge in [0.15, 0.2) is 0 Å². The zero-order valence-electron chi connectivity index (χ0n) is 9.87. The van der Waals surface area contributed by atoms with E-state index in [1.54, 1.807) is 6.26 Å². The van der Waals surface area contributed by atoms with Gasteiger partial charge in [0.2, 0.25) is 0 Å². The van der Waals surface area contributed by atoms with Crippen molar-refractivity contribution in [3.8, 4) is 0 Å². The SMILES string of the molecule is CC(CCS(C)=O)NC(C1CC1)C1CC1. The molecule has 2 fully saturated rings. The maximum Gasteiger partial charge on any atom is 0.0246 e. The smallest absolute Gasteiger partial charge is 0.0246 e. The number of nitrogens with one attached hydrogen (secondary N) is 1. The van der Waals surface area contributed by atoms with E-state index < -0.39 is 10.8 Å². The van der Waals surface area contributed by atoms with E-state index in [0.29, 0.717) is 6.04 Å². The van der Waals surface area contributed by atoms with Crippen LogP contribution < -0.4 is 5.32 Å². The van der Waals surface area contributed by atoms with Crippen molar-refractivity contribution in [2.45, 2.75) is 51.1 Å². The molecule has 0 spiro atoms. The molecule has 0 aromatic carbocycles. The fourth-order valence-electron chi connectivity index (χ4n) is 2.32. The third kappa shape index (κ3) is 3.87. The Morgan fingerprint density at radius 3 is 2.20 bits per heavy atom. The van der Waals surface area contributed by atoms with Gasteiger partial charge in [-0.2, -0.15) is 0 Å². The molecule has 15 heavy (non-hydrogen) atoms. The predicted octanol–water partition coefficient (Wildman–Crippen LogP) is 1.92. The van der Waals surface area contributed by atoms with Crippen LogP contribution in [0.15, 0.2) is 0 Å². The van der Waals surface area contributed by atoms with Gasteiger partial charge < -0.3 is 5.32 Å². The second kappa shape index (κ2) is 4.96. The van der Waals surface area contributed by atoms with E-state index >= 15 is 0 Å². The molecule has 2 aliphatic carbocycles. The summed E-state index contributed by atoms with van der Waals surface area (Å²) in [7, 11) is -0.631. The van der Waals surface area contributed by atoms with Crippen LogP contribution in [0.5, 0.6) is 0 Å². The van der Waals surface area contributed by atoms with E-state index in [4.69, 9.17) is 0 Å². The zero-order valence-corrected chi connectivity index (χ0v) is 10.7. The van der Waals surface area contributed by atoms with Gasteiger partial charge in [-0.1, -0.05) is 0 Å². The summed E-state index contributed by atoms with van der Waals surface area (Å²) < 4.78 is 11.0. The minimum absolute atomic E-state index is 0.542. The van der Waals surface area contributed by atoms with Crippen LogP contribution in [0.4, 0.5) is 0 Å². The van der Waals surface area contributed by atoms with Crippen LogP contribution in [-0.2, 0) is 10.8 Å². The fraction of sp³-hybridized carbons (Fsp3) is 1.00. The Kier molecular flexibility index (Phi) is 3.83. The van der Waals surface area contributed by atoms with E-state index in [-0.39, 0.29) is 0 Å². The van der Waals surface area contributed by atoms with Gasteiger partial charge in [0.05, 0.1) is 0 Å². The fourth-order valence-corrected chi connectivity index (χ4v) is 3.01. The molecule has 1 N–H and O–H groups in total. The van der Waals surface area contributed by atoms with Crippen LogP contribution in [0, 0.1) is 11.8 Å². The molecule has 3 heteroatoms. The average molecular weight is 229 g/mol. The molecular weight excluding hydrogens is 206 g/mol. The lowest BCUT2D eigenvalue weighted by Crippen LogP contribution is -2.40. The molecule has 2 atom stereocenters. The summed E-state index contributed by atoms with van der Waals surface area (Å²) in [4.78, 5) is 0. The number of rotatable bonds is 7. The largest absolute Gasteiger partial charge is 0.311 e. The van der Waals surface area contributed by atoms with Crippen LogP contribution in [0.2, 0.25) is 0 Å². The summed E-state index contributed by atoms with van der Waals surface area (Å²) in [5.41, 5.74) is 0. The third-order valence-electron chi connectivity index (χ3n) is 3.58. The quantitative estimate of drug-likeness (QED) is 0.722. The van der Waals surface area contributed by atoms with Gasteiger partial charge in [-0.25, -0.2) is 0 Å². The van der Waals surface area contributed by atoms with E-state index in [0.717, 1.165) is 30.1 Å². The molecule has 0 saturated heterocycles. The highest BCUT2D eigenvalue weighted by Crippen LogP contribution is 2.44. The number of hydrogen-bond donors (Lipinski definition) is 1. The minimum atomic E-state index is -0.631. The van der Waals surface area contributed by atoms with Crippen LogP contribution in [0.1, 0.15) is 39.0 Å². The van der Waals surface area contributed by atoms with Gasteiger partial charge in [-0.15, -0.1) is 0 Å². The second-order valence-electron chi connectivity index (χ2n) is 5.33. The van der Waals surface area contributed by atoms with Crippen molar-refractivity contribution < 1.29 is 4.21 Å². The Labute approximate surface area is 95.7 Å². The molecule has 2 aliphatic rings. The van der Waals surface area contributed by atoms with Gasteiger partial charge in [0.25, 0.3) is 0 Å². The Bertz CT molecular complexity index is 224. The first-order chi connectivity index (χ1) is 7.16. The summed E-state index contributed by atoms with van der Waals surface area (Å²) in [5, 5.41) is 3.76. The zero-order chi connectivity index (χ0) is 10.8. The summed E-state index contributed by atoms with van der Waals surface area (Å²) in [5.74, 6) is 2.77. The van der Waals surface area contributed by atoms with E-state index in [2.05, 4.69) is 12.2 Å². The molecular formula is C12H23NOS. The summed E-state index contributed by atoms with van der Waals surface area (Å²) >= 11 is 0. The van der Waals surface area contributed by atoms with Gasteiger partial charge in [0.1, 0.15) is 0 Å². The van der Waals surface area contributed by atoms with E-state index in [9.17, 15) is 4.21 Å².